The van der Waals surface area contributed by atoms with Crippen molar-refractivity contribution in [1.82, 2.24) is 4.98 Å². The van der Waals surface area contributed by atoms with Crippen molar-refractivity contribution >= 4 is 33.1 Å². The van der Waals surface area contributed by atoms with Gasteiger partial charge in [-0.15, -0.1) is 11.3 Å². The topological polar surface area (TPSA) is 42.0 Å². The van der Waals surface area contributed by atoms with E-state index in [-0.39, 0.29) is 11.8 Å². The van der Waals surface area contributed by atoms with Crippen LogP contribution in [0.15, 0.2) is 78.2 Å². The Morgan fingerprint density at radius 1 is 1.00 bits per heavy atom. The fourth-order valence-electron chi connectivity index (χ4n) is 3.35. The number of carbonyl (C=O) groups excluding carboxylic acids is 1. The van der Waals surface area contributed by atoms with E-state index in [0.717, 1.165) is 23.2 Å². The lowest BCUT2D eigenvalue weighted by Crippen LogP contribution is -2.20. The van der Waals surface area contributed by atoms with E-state index in [2.05, 4.69) is 34.6 Å². The highest BCUT2D eigenvalue weighted by Crippen LogP contribution is 2.31. The largest absolute Gasteiger partial charge is 0.301 e. The second-order valence-electron chi connectivity index (χ2n) is 6.43. The summed E-state index contributed by atoms with van der Waals surface area (Å²) in [7, 11) is 0. The summed E-state index contributed by atoms with van der Waals surface area (Å²) in [6.45, 7) is 2.03. The Morgan fingerprint density at radius 2 is 1.74 bits per heavy atom. The van der Waals surface area contributed by atoms with Crippen LogP contribution in [0.3, 0.4) is 0 Å². The molecule has 0 saturated carbocycles. The summed E-state index contributed by atoms with van der Waals surface area (Å²) in [4.78, 5) is 17.4. The number of thiazole rings is 1. The van der Waals surface area contributed by atoms with E-state index in [9.17, 15) is 4.79 Å². The minimum Gasteiger partial charge on any atom is -0.301 e. The van der Waals surface area contributed by atoms with Gasteiger partial charge in [-0.05, 0) is 22.8 Å². The molecule has 134 valence electrons. The summed E-state index contributed by atoms with van der Waals surface area (Å²) >= 11 is 1.46. The lowest BCUT2D eigenvalue weighted by atomic mass is 9.96. The molecule has 0 fully saturated rings. The molecule has 4 rings (SSSR count). The first kappa shape index (κ1) is 17.4. The van der Waals surface area contributed by atoms with Crippen molar-refractivity contribution in [3.05, 3.63) is 83.7 Å². The standard InChI is InChI=1S/C23H20N2OS/c1-2-18(16-9-4-3-5-10-16)22(26)25-23-24-21(15-27-23)20-14-8-12-17-11-6-7-13-19(17)20/h3-15,18H,2H2,1H3,(H,24,25,26). The van der Waals surface area contributed by atoms with Crippen LogP contribution in [0.2, 0.25) is 0 Å². The molecule has 3 nitrogen and oxygen atoms in total. The van der Waals surface area contributed by atoms with E-state index >= 15 is 0 Å². The zero-order valence-corrected chi connectivity index (χ0v) is 15.9. The van der Waals surface area contributed by atoms with Crippen molar-refractivity contribution in [2.45, 2.75) is 19.3 Å². The quantitative estimate of drug-likeness (QED) is 0.460. The fourth-order valence-corrected chi connectivity index (χ4v) is 4.07. The molecule has 1 atom stereocenters. The minimum atomic E-state index is -0.170. The van der Waals surface area contributed by atoms with Crippen LogP contribution in [0.5, 0.6) is 0 Å². The van der Waals surface area contributed by atoms with Gasteiger partial charge in [0.05, 0.1) is 11.6 Å². The number of nitrogens with zero attached hydrogens (tertiary/aromatic N) is 1. The molecule has 0 aliphatic heterocycles. The summed E-state index contributed by atoms with van der Waals surface area (Å²) in [5.74, 6) is -0.182. The van der Waals surface area contributed by atoms with Crippen LogP contribution < -0.4 is 5.32 Å². The highest BCUT2D eigenvalue weighted by molar-refractivity contribution is 7.14. The molecule has 0 saturated heterocycles. The van der Waals surface area contributed by atoms with Crippen molar-refractivity contribution in [1.29, 1.82) is 0 Å². The highest BCUT2D eigenvalue weighted by Gasteiger charge is 2.20. The van der Waals surface area contributed by atoms with Crippen LogP contribution in [0.1, 0.15) is 24.8 Å². The number of amides is 1. The van der Waals surface area contributed by atoms with Gasteiger partial charge in [0.15, 0.2) is 5.13 Å². The van der Waals surface area contributed by atoms with Gasteiger partial charge >= 0.3 is 0 Å². The van der Waals surface area contributed by atoms with Gasteiger partial charge in [-0.3, -0.25) is 4.79 Å². The van der Waals surface area contributed by atoms with Crippen LogP contribution >= 0.6 is 11.3 Å². The number of aromatic nitrogens is 1. The van der Waals surface area contributed by atoms with Gasteiger partial charge in [0, 0.05) is 10.9 Å². The zero-order valence-electron chi connectivity index (χ0n) is 15.1. The summed E-state index contributed by atoms with van der Waals surface area (Å²) in [5.41, 5.74) is 3.00. The Labute approximate surface area is 162 Å². The molecule has 0 aliphatic carbocycles. The fraction of sp³-hybridized carbons (Fsp3) is 0.130. The molecule has 4 aromatic rings. The summed E-state index contributed by atoms with van der Waals surface area (Å²) < 4.78 is 0. The molecule has 0 radical (unpaired) electrons. The van der Waals surface area contributed by atoms with E-state index < -0.39 is 0 Å². The van der Waals surface area contributed by atoms with Crippen LogP contribution in [-0.2, 0) is 4.79 Å². The number of hydrogen-bond donors (Lipinski definition) is 1. The maximum Gasteiger partial charge on any atom is 0.233 e. The maximum atomic E-state index is 12.8. The Balaban J connectivity index is 1.58. The average Bonchev–Trinajstić information content (AvgIpc) is 3.17. The molecule has 4 heteroatoms. The molecule has 1 heterocycles. The Bertz CT molecular complexity index is 1070. The second kappa shape index (κ2) is 7.72. The van der Waals surface area contributed by atoms with Gasteiger partial charge in [0.2, 0.25) is 5.91 Å². The molecule has 1 N–H and O–H groups in total. The van der Waals surface area contributed by atoms with Crippen LogP contribution in [0.4, 0.5) is 5.13 Å². The molecular formula is C23H20N2OS. The molecule has 3 aromatic carbocycles. The van der Waals surface area contributed by atoms with Gasteiger partial charge in [0.1, 0.15) is 0 Å². The predicted octanol–water partition coefficient (Wildman–Crippen LogP) is 6.10. The highest BCUT2D eigenvalue weighted by atomic mass is 32.1. The number of nitrogens with one attached hydrogen (secondary N) is 1. The summed E-state index contributed by atoms with van der Waals surface area (Å²) in [6, 6.07) is 24.4. The first-order chi connectivity index (χ1) is 13.3. The minimum absolute atomic E-state index is 0.0116. The number of hydrogen-bond acceptors (Lipinski definition) is 3. The third-order valence-electron chi connectivity index (χ3n) is 4.73. The lowest BCUT2D eigenvalue weighted by molar-refractivity contribution is -0.117. The first-order valence-electron chi connectivity index (χ1n) is 9.05. The van der Waals surface area contributed by atoms with Crippen molar-refractivity contribution in [3.63, 3.8) is 0 Å². The predicted molar refractivity (Wildman–Crippen MR) is 113 cm³/mol. The van der Waals surface area contributed by atoms with Crippen LogP contribution in [0.25, 0.3) is 22.0 Å². The van der Waals surface area contributed by atoms with E-state index in [1.807, 2.05) is 60.8 Å². The smallest absolute Gasteiger partial charge is 0.233 e. The third-order valence-corrected chi connectivity index (χ3v) is 5.48. The molecule has 27 heavy (non-hydrogen) atoms. The summed E-state index contributed by atoms with van der Waals surface area (Å²) in [5, 5.41) is 7.98. The van der Waals surface area contributed by atoms with E-state index in [1.54, 1.807) is 0 Å². The first-order valence-corrected chi connectivity index (χ1v) is 9.93. The van der Waals surface area contributed by atoms with Crippen molar-refractivity contribution in [2.75, 3.05) is 5.32 Å². The van der Waals surface area contributed by atoms with Crippen LogP contribution in [-0.4, -0.2) is 10.9 Å². The zero-order chi connectivity index (χ0) is 18.6. The maximum absolute atomic E-state index is 12.8. The van der Waals surface area contributed by atoms with Crippen molar-refractivity contribution < 1.29 is 4.79 Å². The molecule has 0 aliphatic rings. The van der Waals surface area contributed by atoms with Crippen LogP contribution in [0, 0.1) is 0 Å². The molecule has 0 spiro atoms. The second-order valence-corrected chi connectivity index (χ2v) is 7.28. The van der Waals surface area contributed by atoms with Gasteiger partial charge in [0.25, 0.3) is 0 Å². The molecule has 1 unspecified atom stereocenters. The molecule has 1 aromatic heterocycles. The number of carbonyl (C=O) groups is 1. The van der Waals surface area contributed by atoms with Crippen molar-refractivity contribution in [3.8, 4) is 11.3 Å². The van der Waals surface area contributed by atoms with Crippen molar-refractivity contribution in [2.24, 2.45) is 0 Å². The normalized spacial score (nSPS) is 12.0. The Kier molecular flexibility index (Phi) is 4.99. The number of rotatable bonds is 5. The van der Waals surface area contributed by atoms with Gasteiger partial charge < -0.3 is 5.32 Å². The van der Waals surface area contributed by atoms with Gasteiger partial charge in [-0.1, -0.05) is 79.7 Å². The molecule has 0 bridgehead atoms. The number of anilines is 1. The Morgan fingerprint density at radius 3 is 2.56 bits per heavy atom. The average molecular weight is 372 g/mol. The van der Waals surface area contributed by atoms with E-state index in [4.69, 9.17) is 0 Å². The molecule has 1 amide bonds. The number of fused-ring (bicyclic) bond motifs is 1. The Hall–Kier alpha value is -2.98. The van der Waals surface area contributed by atoms with E-state index in [0.29, 0.717) is 5.13 Å². The van der Waals surface area contributed by atoms with Gasteiger partial charge in [-0.2, -0.15) is 0 Å². The third kappa shape index (κ3) is 3.62. The summed E-state index contributed by atoms with van der Waals surface area (Å²) in [6.07, 6.45) is 0.747. The SMILES string of the molecule is CCC(C(=O)Nc1nc(-c2cccc3ccccc23)cs1)c1ccccc1. The lowest BCUT2D eigenvalue weighted by Gasteiger charge is -2.14. The van der Waals surface area contributed by atoms with E-state index in [1.165, 1.54) is 22.1 Å². The van der Waals surface area contributed by atoms with Gasteiger partial charge in [-0.25, -0.2) is 4.98 Å². The molecular weight excluding hydrogens is 352 g/mol. The number of benzene rings is 3. The monoisotopic (exact) mass is 372 g/mol.